The van der Waals surface area contributed by atoms with Crippen LogP contribution >= 0.6 is 0 Å². The van der Waals surface area contributed by atoms with Crippen molar-refractivity contribution in [3.05, 3.63) is 40.9 Å². The number of pyridine rings is 1. The van der Waals surface area contributed by atoms with Crippen molar-refractivity contribution in [1.29, 1.82) is 0 Å². The van der Waals surface area contributed by atoms with Gasteiger partial charge in [-0.2, -0.15) is 5.10 Å². The summed E-state index contributed by atoms with van der Waals surface area (Å²) in [5, 5.41) is 7.38. The summed E-state index contributed by atoms with van der Waals surface area (Å²) in [6, 6.07) is 3.87. The van der Waals surface area contributed by atoms with Crippen molar-refractivity contribution < 1.29 is 4.79 Å². The van der Waals surface area contributed by atoms with Crippen LogP contribution in [0, 0.1) is 6.92 Å². The number of rotatable bonds is 4. The van der Waals surface area contributed by atoms with Gasteiger partial charge in [0, 0.05) is 34.3 Å². The highest BCUT2D eigenvalue weighted by Crippen LogP contribution is 2.26. The molecule has 5 nitrogen and oxygen atoms in total. The van der Waals surface area contributed by atoms with E-state index in [0.29, 0.717) is 5.57 Å². The van der Waals surface area contributed by atoms with Crippen molar-refractivity contribution in [2.45, 2.75) is 27.2 Å². The van der Waals surface area contributed by atoms with E-state index in [9.17, 15) is 4.79 Å². The first-order valence-electron chi connectivity index (χ1n) is 6.51. The molecule has 0 aliphatic heterocycles. The van der Waals surface area contributed by atoms with Crippen LogP contribution in [-0.4, -0.2) is 21.1 Å². The number of nitrogens with zero attached hydrogens (tertiary/aromatic N) is 2. The highest BCUT2D eigenvalue weighted by atomic mass is 16.1. The Bertz CT molecular complexity index is 670. The molecule has 0 spiro atoms. The van der Waals surface area contributed by atoms with Gasteiger partial charge in [-0.25, -0.2) is 0 Å². The lowest BCUT2D eigenvalue weighted by Gasteiger charge is -2.03. The molecular formula is C15H18N4O. The number of aromatic nitrogens is 3. The van der Waals surface area contributed by atoms with Crippen LogP contribution in [0.5, 0.6) is 0 Å². The lowest BCUT2D eigenvalue weighted by molar-refractivity contribution is -0.114. The van der Waals surface area contributed by atoms with Crippen LogP contribution in [-0.2, 0) is 11.2 Å². The molecule has 104 valence electrons. The molecule has 2 aromatic rings. The van der Waals surface area contributed by atoms with E-state index in [4.69, 9.17) is 5.73 Å². The summed E-state index contributed by atoms with van der Waals surface area (Å²) in [4.78, 5) is 15.4. The van der Waals surface area contributed by atoms with Gasteiger partial charge in [0.1, 0.15) is 0 Å². The fourth-order valence-corrected chi connectivity index (χ4v) is 2.01. The van der Waals surface area contributed by atoms with E-state index in [0.717, 1.165) is 34.6 Å². The second-order valence-corrected chi connectivity index (χ2v) is 4.70. The van der Waals surface area contributed by atoms with Crippen LogP contribution in [0.2, 0.25) is 0 Å². The van der Waals surface area contributed by atoms with E-state index in [2.05, 4.69) is 15.2 Å². The number of H-pyrrole nitrogens is 1. The first-order chi connectivity index (χ1) is 9.52. The molecule has 2 rings (SSSR count). The summed E-state index contributed by atoms with van der Waals surface area (Å²) in [5.74, 6) is -0.426. The number of carbonyl (C=O) groups excluding carboxylic acids is 1. The number of aromatic amines is 1. The average Bonchev–Trinajstić information content (AvgIpc) is 2.81. The molecule has 1 amide bonds. The number of nitrogens with two attached hydrogens (primary N) is 1. The molecule has 0 saturated carbocycles. The highest BCUT2D eigenvalue weighted by Gasteiger charge is 2.13. The lowest BCUT2D eigenvalue weighted by Crippen LogP contribution is -2.11. The summed E-state index contributed by atoms with van der Waals surface area (Å²) < 4.78 is 0. The molecule has 5 heteroatoms. The van der Waals surface area contributed by atoms with Crippen molar-refractivity contribution in [2.75, 3.05) is 0 Å². The quantitative estimate of drug-likeness (QED) is 0.835. The fourth-order valence-electron chi connectivity index (χ4n) is 2.01. The minimum absolute atomic E-state index is 0.426. The van der Waals surface area contributed by atoms with Crippen molar-refractivity contribution in [1.82, 2.24) is 15.2 Å². The Morgan fingerprint density at radius 2 is 2.25 bits per heavy atom. The third-order valence-corrected chi connectivity index (χ3v) is 3.16. The molecule has 0 bridgehead atoms. The topological polar surface area (TPSA) is 84.7 Å². The number of hydrogen-bond donors (Lipinski definition) is 2. The number of nitrogens with one attached hydrogen (secondary N) is 1. The molecule has 0 aliphatic carbocycles. The molecule has 0 unspecified atom stereocenters. The van der Waals surface area contributed by atoms with E-state index >= 15 is 0 Å². The summed E-state index contributed by atoms with van der Waals surface area (Å²) >= 11 is 0. The van der Waals surface area contributed by atoms with E-state index < -0.39 is 5.91 Å². The van der Waals surface area contributed by atoms with Gasteiger partial charge in [0.25, 0.3) is 0 Å². The number of amides is 1. The minimum atomic E-state index is -0.426. The van der Waals surface area contributed by atoms with Crippen LogP contribution in [0.1, 0.15) is 30.8 Å². The third kappa shape index (κ3) is 2.77. The maximum atomic E-state index is 11.2. The maximum absolute atomic E-state index is 11.2. The van der Waals surface area contributed by atoms with Gasteiger partial charge in [-0.1, -0.05) is 6.92 Å². The lowest BCUT2D eigenvalue weighted by atomic mass is 10.0. The Morgan fingerprint density at radius 3 is 2.85 bits per heavy atom. The molecule has 0 saturated heterocycles. The number of primary amides is 1. The number of aryl methyl sites for hydroxylation is 2. The molecule has 2 aromatic heterocycles. The van der Waals surface area contributed by atoms with Gasteiger partial charge in [0.05, 0.1) is 5.69 Å². The van der Waals surface area contributed by atoms with Crippen molar-refractivity contribution >= 4 is 12.0 Å². The Hall–Kier alpha value is -2.43. The molecule has 0 aliphatic rings. The van der Waals surface area contributed by atoms with Crippen LogP contribution in [0.15, 0.2) is 23.9 Å². The molecule has 0 fully saturated rings. The van der Waals surface area contributed by atoms with Crippen molar-refractivity contribution in [3.8, 4) is 11.3 Å². The Balaban J connectivity index is 2.58. The fraction of sp³-hybridized carbons (Fsp3) is 0.267. The van der Waals surface area contributed by atoms with Gasteiger partial charge in [-0.3, -0.25) is 14.9 Å². The largest absolute Gasteiger partial charge is 0.366 e. The maximum Gasteiger partial charge on any atom is 0.244 e. The molecule has 20 heavy (non-hydrogen) atoms. The average molecular weight is 270 g/mol. The number of carbonyl (C=O) groups is 1. The van der Waals surface area contributed by atoms with Crippen LogP contribution in [0.25, 0.3) is 17.3 Å². The highest BCUT2D eigenvalue weighted by molar-refractivity contribution is 5.97. The molecule has 0 radical (unpaired) electrons. The van der Waals surface area contributed by atoms with Gasteiger partial charge in [0.2, 0.25) is 5.91 Å². The summed E-state index contributed by atoms with van der Waals surface area (Å²) in [7, 11) is 0. The predicted molar refractivity (Wildman–Crippen MR) is 78.8 cm³/mol. The Labute approximate surface area is 117 Å². The van der Waals surface area contributed by atoms with E-state index in [1.165, 1.54) is 0 Å². The predicted octanol–water partition coefficient (Wildman–Crippen LogP) is 2.23. The summed E-state index contributed by atoms with van der Waals surface area (Å²) in [6.07, 6.45) is 4.34. The van der Waals surface area contributed by atoms with Gasteiger partial charge in [-0.15, -0.1) is 0 Å². The van der Waals surface area contributed by atoms with E-state index in [1.807, 2.05) is 26.0 Å². The number of hydrogen-bond acceptors (Lipinski definition) is 3. The monoisotopic (exact) mass is 270 g/mol. The second kappa shape index (κ2) is 5.69. The van der Waals surface area contributed by atoms with E-state index in [1.54, 1.807) is 19.2 Å². The van der Waals surface area contributed by atoms with Gasteiger partial charge < -0.3 is 5.73 Å². The Morgan fingerprint density at radius 1 is 1.50 bits per heavy atom. The standard InChI is InChI=1S/C15H18N4O/c1-4-13-12(7-9(2)15(16)20)14(19-18-13)11-5-6-17-10(3)8-11/h5-8H,4H2,1-3H3,(H2,16,20)(H,18,19)/b9-7+. The van der Waals surface area contributed by atoms with Crippen LogP contribution < -0.4 is 5.73 Å². The van der Waals surface area contributed by atoms with Gasteiger partial charge in [0.15, 0.2) is 0 Å². The zero-order chi connectivity index (χ0) is 14.7. The smallest absolute Gasteiger partial charge is 0.244 e. The molecule has 2 heterocycles. The summed E-state index contributed by atoms with van der Waals surface area (Å²) in [5.41, 5.74) is 10.4. The Kier molecular flexibility index (Phi) is 3.98. The van der Waals surface area contributed by atoms with Crippen LogP contribution in [0.3, 0.4) is 0 Å². The molecule has 3 N–H and O–H groups in total. The molecule has 0 aromatic carbocycles. The summed E-state index contributed by atoms with van der Waals surface area (Å²) in [6.45, 7) is 5.67. The normalized spacial score (nSPS) is 11.7. The zero-order valence-electron chi connectivity index (χ0n) is 11.9. The molecular weight excluding hydrogens is 252 g/mol. The minimum Gasteiger partial charge on any atom is -0.366 e. The van der Waals surface area contributed by atoms with Crippen molar-refractivity contribution in [3.63, 3.8) is 0 Å². The first-order valence-corrected chi connectivity index (χ1v) is 6.51. The third-order valence-electron chi connectivity index (χ3n) is 3.16. The van der Waals surface area contributed by atoms with Gasteiger partial charge in [-0.05, 0) is 38.5 Å². The molecule has 0 atom stereocenters. The first kappa shape index (κ1) is 14.0. The second-order valence-electron chi connectivity index (χ2n) is 4.70. The van der Waals surface area contributed by atoms with Crippen molar-refractivity contribution in [2.24, 2.45) is 5.73 Å². The van der Waals surface area contributed by atoms with E-state index in [-0.39, 0.29) is 0 Å². The SMILES string of the molecule is CCc1[nH]nc(-c2ccnc(C)c2)c1/C=C(\C)C(N)=O. The van der Waals surface area contributed by atoms with Crippen LogP contribution in [0.4, 0.5) is 0 Å². The zero-order valence-corrected chi connectivity index (χ0v) is 11.9. The van der Waals surface area contributed by atoms with Gasteiger partial charge >= 0.3 is 0 Å².